The molecule has 1 aromatic carbocycles. The van der Waals surface area contributed by atoms with Crippen LogP contribution in [-0.4, -0.2) is 9.97 Å². The van der Waals surface area contributed by atoms with Crippen molar-refractivity contribution in [3.05, 3.63) is 35.1 Å². The third-order valence-corrected chi connectivity index (χ3v) is 3.07. The van der Waals surface area contributed by atoms with Crippen molar-refractivity contribution in [1.29, 1.82) is 5.41 Å². The van der Waals surface area contributed by atoms with Crippen molar-refractivity contribution in [2.45, 2.75) is 0 Å². The first-order valence-electron chi connectivity index (χ1n) is 4.27. The van der Waals surface area contributed by atoms with Gasteiger partial charge in [-0.15, -0.1) is 0 Å². The normalized spacial score (nSPS) is 11.1. The maximum absolute atomic E-state index is 7.45. The van der Waals surface area contributed by atoms with Crippen LogP contribution in [0.15, 0.2) is 30.3 Å². The number of aromatic amines is 1. The van der Waals surface area contributed by atoms with Gasteiger partial charge in [-0.25, -0.2) is 4.98 Å². The first-order chi connectivity index (χ1) is 6.84. The number of rotatable bonds is 0. The molecule has 0 unspecified atom stereocenters. The van der Waals surface area contributed by atoms with Gasteiger partial charge >= 0.3 is 0 Å². The van der Waals surface area contributed by atoms with Crippen LogP contribution < -0.4 is 4.80 Å². The van der Waals surface area contributed by atoms with E-state index in [2.05, 4.69) is 9.97 Å². The molecule has 0 aliphatic rings. The second-order valence-corrected chi connectivity index (χ2v) is 4.06. The zero-order valence-corrected chi connectivity index (χ0v) is 8.06. The summed E-state index contributed by atoms with van der Waals surface area (Å²) in [6, 6.07) is 10.0. The lowest BCUT2D eigenvalue weighted by molar-refractivity contribution is 1.19. The molecule has 2 aromatic heterocycles. The molecule has 0 fully saturated rings. The quantitative estimate of drug-likeness (QED) is 0.576. The van der Waals surface area contributed by atoms with Crippen LogP contribution in [-0.2, 0) is 0 Å². The minimum atomic E-state index is 0.361. The van der Waals surface area contributed by atoms with Gasteiger partial charge in [-0.05, 0) is 6.07 Å². The summed E-state index contributed by atoms with van der Waals surface area (Å²) in [5, 5.41) is 8.59. The Labute approximate surface area is 83.6 Å². The van der Waals surface area contributed by atoms with E-state index in [0.717, 1.165) is 21.3 Å². The van der Waals surface area contributed by atoms with E-state index in [0.29, 0.717) is 4.80 Å². The molecule has 0 atom stereocenters. The lowest BCUT2D eigenvalue weighted by atomic mass is 10.3. The number of thiazole rings is 1. The summed E-state index contributed by atoms with van der Waals surface area (Å²) in [5.74, 6) is 0. The molecular formula is C10H7N3S. The molecule has 0 saturated heterocycles. The van der Waals surface area contributed by atoms with E-state index in [1.54, 1.807) is 0 Å². The molecule has 2 heterocycles. The molecule has 3 aromatic rings. The van der Waals surface area contributed by atoms with Crippen molar-refractivity contribution < 1.29 is 0 Å². The van der Waals surface area contributed by atoms with Gasteiger partial charge in [0.05, 0.1) is 4.70 Å². The SMILES string of the molecule is N=c1nc2[nH]c3cccccc3c2s1. The average molecular weight is 201 g/mol. The lowest BCUT2D eigenvalue weighted by Crippen LogP contribution is -1.90. The summed E-state index contributed by atoms with van der Waals surface area (Å²) in [7, 11) is 0. The highest BCUT2D eigenvalue weighted by atomic mass is 32.1. The third kappa shape index (κ3) is 0.975. The lowest BCUT2D eigenvalue weighted by Gasteiger charge is -1.78. The van der Waals surface area contributed by atoms with Crippen LogP contribution in [0.25, 0.3) is 21.3 Å². The Hall–Kier alpha value is -1.68. The molecule has 3 rings (SSSR count). The maximum atomic E-state index is 7.45. The van der Waals surface area contributed by atoms with Crippen LogP contribution in [0.3, 0.4) is 0 Å². The summed E-state index contributed by atoms with van der Waals surface area (Å²) in [6.07, 6.45) is 0. The third-order valence-electron chi connectivity index (χ3n) is 2.16. The van der Waals surface area contributed by atoms with Crippen LogP contribution in [0, 0.1) is 5.41 Å². The summed E-state index contributed by atoms with van der Waals surface area (Å²) < 4.78 is 1.07. The molecule has 68 valence electrons. The van der Waals surface area contributed by atoms with Gasteiger partial charge in [0.15, 0.2) is 5.65 Å². The Balaban J connectivity index is 2.64. The number of fused-ring (bicyclic) bond motifs is 3. The minimum Gasteiger partial charge on any atom is -0.338 e. The van der Waals surface area contributed by atoms with Gasteiger partial charge in [-0.3, -0.25) is 5.41 Å². The van der Waals surface area contributed by atoms with Crippen LogP contribution in [0.2, 0.25) is 0 Å². The van der Waals surface area contributed by atoms with E-state index in [9.17, 15) is 0 Å². The minimum absolute atomic E-state index is 0.361. The molecular weight excluding hydrogens is 194 g/mol. The topological polar surface area (TPSA) is 52.5 Å². The fraction of sp³-hybridized carbons (Fsp3) is 0. The van der Waals surface area contributed by atoms with Crippen LogP contribution >= 0.6 is 11.3 Å². The van der Waals surface area contributed by atoms with E-state index in [4.69, 9.17) is 5.41 Å². The Morgan fingerprint density at radius 1 is 1.21 bits per heavy atom. The monoisotopic (exact) mass is 201 g/mol. The maximum Gasteiger partial charge on any atom is 0.204 e. The Morgan fingerprint density at radius 2 is 2.07 bits per heavy atom. The van der Waals surface area contributed by atoms with Crippen molar-refractivity contribution in [2.75, 3.05) is 0 Å². The highest BCUT2D eigenvalue weighted by molar-refractivity contribution is 7.17. The molecule has 3 nitrogen and oxygen atoms in total. The highest BCUT2D eigenvalue weighted by Gasteiger charge is 2.05. The van der Waals surface area contributed by atoms with Crippen molar-refractivity contribution in [3.63, 3.8) is 0 Å². The molecule has 0 aliphatic carbocycles. The molecule has 0 amide bonds. The largest absolute Gasteiger partial charge is 0.338 e. The first kappa shape index (κ1) is 7.70. The van der Waals surface area contributed by atoms with Gasteiger partial charge in [0.2, 0.25) is 4.80 Å². The van der Waals surface area contributed by atoms with Gasteiger partial charge in [0.25, 0.3) is 0 Å². The molecule has 0 aliphatic heterocycles. The predicted molar refractivity (Wildman–Crippen MR) is 57.3 cm³/mol. The zero-order valence-electron chi connectivity index (χ0n) is 7.24. The molecule has 0 spiro atoms. The molecule has 0 radical (unpaired) electrons. The summed E-state index contributed by atoms with van der Waals surface area (Å²) in [6.45, 7) is 0. The number of nitrogens with zero attached hydrogens (tertiary/aromatic N) is 1. The highest BCUT2D eigenvalue weighted by Crippen LogP contribution is 2.24. The molecule has 4 heteroatoms. The van der Waals surface area contributed by atoms with E-state index in [1.165, 1.54) is 11.3 Å². The Bertz CT molecular complexity index is 665. The van der Waals surface area contributed by atoms with Crippen molar-refractivity contribution in [1.82, 2.24) is 9.97 Å². The smallest absolute Gasteiger partial charge is 0.204 e. The van der Waals surface area contributed by atoms with E-state index < -0.39 is 0 Å². The van der Waals surface area contributed by atoms with E-state index >= 15 is 0 Å². The van der Waals surface area contributed by atoms with Crippen molar-refractivity contribution in [3.8, 4) is 0 Å². The number of aromatic nitrogens is 2. The van der Waals surface area contributed by atoms with Gasteiger partial charge in [-0.1, -0.05) is 35.6 Å². The Kier molecular flexibility index (Phi) is 1.46. The summed E-state index contributed by atoms with van der Waals surface area (Å²) in [5.41, 5.74) is 1.89. The summed E-state index contributed by atoms with van der Waals surface area (Å²) >= 11 is 1.41. The van der Waals surface area contributed by atoms with Crippen LogP contribution in [0.1, 0.15) is 0 Å². The van der Waals surface area contributed by atoms with E-state index in [-0.39, 0.29) is 0 Å². The molecule has 0 saturated carbocycles. The van der Waals surface area contributed by atoms with Crippen molar-refractivity contribution in [2.24, 2.45) is 0 Å². The first-order valence-corrected chi connectivity index (χ1v) is 5.08. The zero-order chi connectivity index (χ0) is 9.54. The fourth-order valence-electron chi connectivity index (χ4n) is 1.57. The Morgan fingerprint density at radius 3 is 3.00 bits per heavy atom. The van der Waals surface area contributed by atoms with Crippen LogP contribution in [0.4, 0.5) is 0 Å². The van der Waals surface area contributed by atoms with Crippen LogP contribution in [0.5, 0.6) is 0 Å². The number of H-pyrrole nitrogens is 1. The van der Waals surface area contributed by atoms with Gasteiger partial charge in [0.1, 0.15) is 0 Å². The van der Waals surface area contributed by atoms with Gasteiger partial charge in [0, 0.05) is 10.9 Å². The second-order valence-electron chi connectivity index (χ2n) is 3.06. The molecule has 0 bridgehead atoms. The predicted octanol–water partition coefficient (Wildman–Crippen LogP) is 2.26. The van der Waals surface area contributed by atoms with Gasteiger partial charge < -0.3 is 4.98 Å². The standard InChI is InChI=1S/C10H7N3S/c11-10-13-9-8(14-10)6-4-2-1-3-5-7(6)12-9/h1-5H,(H2,11,12,13). The molecule has 14 heavy (non-hydrogen) atoms. The fourth-order valence-corrected chi connectivity index (χ4v) is 2.38. The number of nitrogens with one attached hydrogen (secondary N) is 2. The number of hydrogen-bond donors (Lipinski definition) is 2. The average Bonchev–Trinajstić information content (AvgIpc) is 2.55. The van der Waals surface area contributed by atoms with E-state index in [1.807, 2.05) is 30.3 Å². The summed E-state index contributed by atoms with van der Waals surface area (Å²) in [4.78, 5) is 7.66. The van der Waals surface area contributed by atoms with Gasteiger partial charge in [-0.2, -0.15) is 0 Å². The van der Waals surface area contributed by atoms with Crippen molar-refractivity contribution >= 4 is 32.6 Å². The second kappa shape index (κ2) is 2.65. The number of hydrogen-bond acceptors (Lipinski definition) is 3. The molecule has 2 N–H and O–H groups in total.